The monoisotopic (exact) mass is 1040 g/mol. The molecule has 0 bridgehead atoms. The summed E-state index contributed by atoms with van der Waals surface area (Å²) in [6.45, 7) is 5.36. The molecule has 1 saturated heterocycles. The Morgan fingerprint density at radius 1 is 0.662 bits per heavy atom. The average molecular weight is 1040 g/mol. The number of aliphatic hydroxyl groups is 2. The van der Waals surface area contributed by atoms with Gasteiger partial charge in [0.05, 0.1) is 24.7 Å². The predicted molar refractivity (Wildman–Crippen MR) is 255 cm³/mol. The van der Waals surface area contributed by atoms with E-state index in [4.69, 9.17) is 5.73 Å². The van der Waals surface area contributed by atoms with Crippen LogP contribution in [0.15, 0.2) is 24.3 Å². The summed E-state index contributed by atoms with van der Waals surface area (Å²) in [6.07, 6.45) is -5.31. The number of aliphatic carboxylic acids is 3. The first-order chi connectivity index (χ1) is 33.3. The van der Waals surface area contributed by atoms with Crippen molar-refractivity contribution in [3.8, 4) is 5.75 Å². The maximum atomic E-state index is 14.4. The molecule has 0 unspecified atom stereocenters. The number of amides is 8. The molecule has 396 valence electrons. The second-order valence-electron chi connectivity index (χ2n) is 17.0. The number of phenols is 1. The van der Waals surface area contributed by atoms with Crippen LogP contribution in [0.3, 0.4) is 0 Å². The molecule has 71 heavy (non-hydrogen) atoms. The van der Waals surface area contributed by atoms with E-state index in [9.17, 15) is 83.4 Å². The molecule has 15 N–H and O–H groups in total. The van der Waals surface area contributed by atoms with E-state index < -0.39 is 157 Å². The normalized spacial score (nSPS) is 17.9. The largest absolute Gasteiger partial charge is 0.508 e. The number of benzene rings is 1. The highest BCUT2D eigenvalue weighted by Gasteiger charge is 2.41. The SMILES string of the molecule is CC[C@H](C)[C@H](NC(=O)[C@@H](NC(=O)[C@H](CCC(=O)O)NC(=O)[C@@H]1CCCN1C(=O)[C@H](Cc1ccc(O)cc1)NC(=O)[C@H](CC(=O)O)NC(=O)[C@@H](N)CS)[C@@H](C)O)C(=O)N[C@H](C(=O)N[C@@H](CS)C(=O)O)[C@@H](C)O. The summed E-state index contributed by atoms with van der Waals surface area (Å²) in [5, 5.41) is 75.4. The van der Waals surface area contributed by atoms with Gasteiger partial charge in [-0.05, 0) is 56.7 Å². The molecule has 28 heteroatoms. The fraction of sp³-hybridized carbons (Fsp3) is 0.605. The second-order valence-corrected chi connectivity index (χ2v) is 17.7. The van der Waals surface area contributed by atoms with E-state index in [-0.39, 0.29) is 49.5 Å². The van der Waals surface area contributed by atoms with Crippen LogP contribution >= 0.6 is 25.3 Å². The number of phenolic OH excluding ortho intramolecular Hbond substituents is 1. The van der Waals surface area contributed by atoms with Gasteiger partial charge in [-0.3, -0.25) is 47.9 Å². The van der Waals surface area contributed by atoms with Crippen molar-refractivity contribution >= 4 is 90.4 Å². The molecule has 12 atom stereocenters. The van der Waals surface area contributed by atoms with Gasteiger partial charge in [0.25, 0.3) is 0 Å². The lowest BCUT2D eigenvalue weighted by atomic mass is 9.96. The topological polar surface area (TPSA) is 423 Å². The molecule has 1 fully saturated rings. The number of carboxylic acids is 3. The van der Waals surface area contributed by atoms with E-state index in [0.29, 0.717) is 5.56 Å². The third-order valence-electron chi connectivity index (χ3n) is 11.4. The van der Waals surface area contributed by atoms with Crippen molar-refractivity contribution in [3.05, 3.63) is 29.8 Å². The van der Waals surface area contributed by atoms with E-state index in [1.807, 2.05) is 0 Å². The molecule has 1 aromatic rings. The number of likely N-dealkylation sites (tertiary alicyclic amines) is 1. The molecule has 8 amide bonds. The van der Waals surface area contributed by atoms with Crippen LogP contribution in [0.5, 0.6) is 5.75 Å². The van der Waals surface area contributed by atoms with Gasteiger partial charge in [0, 0.05) is 30.9 Å². The van der Waals surface area contributed by atoms with Crippen molar-refractivity contribution in [2.45, 2.75) is 139 Å². The Hall–Kier alpha value is -6.23. The molecule has 1 aromatic carbocycles. The quantitative estimate of drug-likeness (QED) is 0.0338. The zero-order valence-corrected chi connectivity index (χ0v) is 41.2. The Morgan fingerprint density at radius 3 is 1.68 bits per heavy atom. The zero-order chi connectivity index (χ0) is 53.9. The van der Waals surface area contributed by atoms with Gasteiger partial charge in [-0.2, -0.15) is 25.3 Å². The van der Waals surface area contributed by atoms with Gasteiger partial charge in [0.15, 0.2) is 0 Å². The number of aliphatic hydroxyl groups excluding tert-OH is 2. The fourth-order valence-corrected chi connectivity index (χ4v) is 7.51. The molecule has 1 heterocycles. The van der Waals surface area contributed by atoms with Crippen LogP contribution in [0.2, 0.25) is 0 Å². The van der Waals surface area contributed by atoms with Crippen molar-refractivity contribution in [1.82, 2.24) is 42.1 Å². The van der Waals surface area contributed by atoms with Crippen LogP contribution in [-0.4, -0.2) is 185 Å². The number of aromatic hydroxyl groups is 1. The summed E-state index contributed by atoms with van der Waals surface area (Å²) < 4.78 is 0. The van der Waals surface area contributed by atoms with Crippen molar-refractivity contribution < 1.29 is 83.4 Å². The predicted octanol–water partition coefficient (Wildman–Crippen LogP) is -4.26. The Morgan fingerprint density at radius 2 is 1.17 bits per heavy atom. The van der Waals surface area contributed by atoms with Crippen LogP contribution in [0.4, 0.5) is 0 Å². The Balaban J connectivity index is 2.42. The Labute approximate surface area is 419 Å². The van der Waals surface area contributed by atoms with Crippen molar-refractivity contribution in [1.29, 1.82) is 0 Å². The Kier molecular flexibility index (Phi) is 25.0. The summed E-state index contributed by atoms with van der Waals surface area (Å²) in [6, 6.07) is -8.65. The van der Waals surface area contributed by atoms with Crippen LogP contribution in [-0.2, 0) is 59.2 Å². The number of carbonyl (C=O) groups excluding carboxylic acids is 8. The summed E-state index contributed by atoms with van der Waals surface area (Å²) in [5.74, 6) is -13.9. The first kappa shape index (κ1) is 60.9. The first-order valence-electron chi connectivity index (χ1n) is 22.5. The van der Waals surface area contributed by atoms with Gasteiger partial charge in [-0.25, -0.2) is 4.79 Å². The fourth-order valence-electron chi connectivity index (χ4n) is 7.09. The smallest absolute Gasteiger partial charge is 0.327 e. The molecule has 26 nitrogen and oxygen atoms in total. The second kappa shape index (κ2) is 29.2. The average Bonchev–Trinajstić information content (AvgIpc) is 3.81. The van der Waals surface area contributed by atoms with Gasteiger partial charge < -0.3 is 78.5 Å². The van der Waals surface area contributed by atoms with Crippen LogP contribution in [0.25, 0.3) is 0 Å². The van der Waals surface area contributed by atoms with Crippen LogP contribution < -0.4 is 43.0 Å². The maximum Gasteiger partial charge on any atom is 0.327 e. The van der Waals surface area contributed by atoms with E-state index in [2.05, 4.69) is 62.5 Å². The van der Waals surface area contributed by atoms with Gasteiger partial charge in [0.1, 0.15) is 54.1 Å². The van der Waals surface area contributed by atoms with Gasteiger partial charge in [-0.15, -0.1) is 0 Å². The molecule has 0 spiro atoms. The van der Waals surface area contributed by atoms with Gasteiger partial charge in [0.2, 0.25) is 47.3 Å². The molecule has 0 aliphatic carbocycles. The first-order valence-corrected chi connectivity index (χ1v) is 23.7. The number of carboxylic acid groups (broad SMARTS) is 3. The third-order valence-corrected chi connectivity index (χ3v) is 12.1. The number of rotatable bonds is 29. The number of thiol groups is 2. The molecule has 0 saturated carbocycles. The molecule has 0 radical (unpaired) electrons. The number of hydrogen-bond acceptors (Lipinski definition) is 17. The van der Waals surface area contributed by atoms with E-state index >= 15 is 0 Å². The maximum absolute atomic E-state index is 14.4. The molecule has 0 aromatic heterocycles. The minimum atomic E-state index is -1.87. The number of nitrogens with zero attached hydrogens (tertiary/aromatic N) is 1. The molecule has 1 aliphatic heterocycles. The number of carbonyl (C=O) groups is 11. The van der Waals surface area contributed by atoms with Crippen molar-refractivity contribution in [2.75, 3.05) is 18.1 Å². The van der Waals surface area contributed by atoms with E-state index in [1.54, 1.807) is 6.92 Å². The summed E-state index contributed by atoms with van der Waals surface area (Å²) in [5.41, 5.74) is 6.09. The van der Waals surface area contributed by atoms with E-state index in [0.717, 1.165) is 18.7 Å². The van der Waals surface area contributed by atoms with Gasteiger partial charge in [-0.1, -0.05) is 32.4 Å². The van der Waals surface area contributed by atoms with Crippen molar-refractivity contribution in [3.63, 3.8) is 0 Å². The lowest BCUT2D eigenvalue weighted by Gasteiger charge is -2.31. The third kappa shape index (κ3) is 19.1. The van der Waals surface area contributed by atoms with Gasteiger partial charge >= 0.3 is 17.9 Å². The molecular formula is C43H65N9O17S2. The van der Waals surface area contributed by atoms with Crippen molar-refractivity contribution in [2.24, 2.45) is 11.7 Å². The standard InChI is InChI=1S/C43H65N9O17S2/c1-5-19(2)32(39(64)51-33(20(3)53)40(65)48-28(18-71)43(68)69)49-41(66)34(21(4)54)50-36(61)25(12-13-30(56)57)45-38(63)29-7-6-14-52(29)42(67)27(15-22-8-10-23(55)11-9-22)47-37(62)26(16-31(58)59)46-35(60)24(44)17-70/h8-11,19-21,24-29,32-34,53-55,70-71H,5-7,12-18,44H2,1-4H3,(H,45,63)(H,46,60)(H,47,62)(H,48,65)(H,49,66)(H,50,61)(H,51,64)(H,56,57)(H,58,59)(H,68,69)/t19-,20+,21+,24-,25-,26-,27-,28-,29-,32-,33-,34-/m0/s1. The molecule has 1 aliphatic rings. The highest BCUT2D eigenvalue weighted by atomic mass is 32.1. The summed E-state index contributed by atoms with van der Waals surface area (Å²) in [4.78, 5) is 145. The lowest BCUT2D eigenvalue weighted by molar-refractivity contribution is -0.143. The van der Waals surface area contributed by atoms with Crippen LogP contribution in [0.1, 0.15) is 71.8 Å². The minimum absolute atomic E-state index is 0.00525. The molecule has 2 rings (SSSR count). The highest BCUT2D eigenvalue weighted by Crippen LogP contribution is 2.21. The minimum Gasteiger partial charge on any atom is -0.508 e. The molecular weight excluding hydrogens is 979 g/mol. The number of nitrogens with two attached hydrogens (primary N) is 1. The number of hydrogen-bond donors (Lipinski definition) is 16. The number of nitrogens with one attached hydrogen (secondary N) is 7. The van der Waals surface area contributed by atoms with E-state index in [1.165, 1.54) is 31.2 Å². The van der Waals surface area contributed by atoms with Crippen LogP contribution in [0, 0.1) is 5.92 Å². The Bertz CT molecular complexity index is 2080. The summed E-state index contributed by atoms with van der Waals surface area (Å²) >= 11 is 7.82. The lowest BCUT2D eigenvalue weighted by Crippen LogP contribution is -2.63. The summed E-state index contributed by atoms with van der Waals surface area (Å²) in [7, 11) is 0. The zero-order valence-electron chi connectivity index (χ0n) is 39.4. The highest BCUT2D eigenvalue weighted by molar-refractivity contribution is 7.80.